The van der Waals surface area contributed by atoms with Crippen molar-refractivity contribution in [3.8, 4) is 5.75 Å². The van der Waals surface area contributed by atoms with Crippen LogP contribution in [0.5, 0.6) is 5.75 Å². The molecule has 16 heavy (non-hydrogen) atoms. The lowest BCUT2D eigenvalue weighted by Crippen LogP contribution is -2.18. The molecule has 3 heteroatoms. The van der Waals surface area contributed by atoms with Crippen molar-refractivity contribution in [2.45, 2.75) is 26.3 Å². The fourth-order valence-electron chi connectivity index (χ4n) is 1.37. The Morgan fingerprint density at radius 2 is 2.25 bits per heavy atom. The number of ether oxygens (including phenoxy) is 1. The van der Waals surface area contributed by atoms with Crippen molar-refractivity contribution >= 4 is 11.6 Å². The SMILES string of the molecule is C=C(C)COc1cccc(CC(C)N)c1Cl. The first-order chi connectivity index (χ1) is 7.50. The predicted octanol–water partition coefficient (Wildman–Crippen LogP) is 3.18. The van der Waals surface area contributed by atoms with Gasteiger partial charge in [-0.2, -0.15) is 0 Å². The van der Waals surface area contributed by atoms with Crippen LogP contribution >= 0.6 is 11.6 Å². The highest BCUT2D eigenvalue weighted by atomic mass is 35.5. The zero-order chi connectivity index (χ0) is 12.1. The van der Waals surface area contributed by atoms with Crippen LogP contribution < -0.4 is 10.5 Å². The lowest BCUT2D eigenvalue weighted by atomic mass is 10.1. The van der Waals surface area contributed by atoms with E-state index in [1.54, 1.807) is 0 Å². The van der Waals surface area contributed by atoms with E-state index in [9.17, 15) is 0 Å². The van der Waals surface area contributed by atoms with Crippen LogP contribution in [0.15, 0.2) is 30.4 Å². The number of nitrogens with two attached hydrogens (primary N) is 1. The molecule has 0 heterocycles. The first-order valence-corrected chi connectivity index (χ1v) is 5.68. The number of halogens is 1. The van der Waals surface area contributed by atoms with Crippen LogP contribution in [0.3, 0.4) is 0 Å². The highest BCUT2D eigenvalue weighted by molar-refractivity contribution is 6.32. The Kier molecular flexibility index (Phi) is 4.84. The number of rotatable bonds is 5. The van der Waals surface area contributed by atoms with E-state index in [0.717, 1.165) is 17.6 Å². The third-order valence-electron chi connectivity index (χ3n) is 2.06. The van der Waals surface area contributed by atoms with Crippen molar-refractivity contribution in [2.24, 2.45) is 5.73 Å². The van der Waals surface area contributed by atoms with Gasteiger partial charge in [-0.3, -0.25) is 0 Å². The summed E-state index contributed by atoms with van der Waals surface area (Å²) >= 11 is 6.23. The van der Waals surface area contributed by atoms with Gasteiger partial charge in [-0.25, -0.2) is 0 Å². The van der Waals surface area contributed by atoms with Crippen molar-refractivity contribution in [3.05, 3.63) is 40.9 Å². The molecule has 2 nitrogen and oxygen atoms in total. The Bertz CT molecular complexity index is 374. The van der Waals surface area contributed by atoms with Crippen molar-refractivity contribution in [1.82, 2.24) is 0 Å². The van der Waals surface area contributed by atoms with Gasteiger partial charge in [-0.05, 0) is 37.5 Å². The lowest BCUT2D eigenvalue weighted by Gasteiger charge is -2.12. The zero-order valence-electron chi connectivity index (χ0n) is 9.79. The maximum Gasteiger partial charge on any atom is 0.138 e. The normalized spacial score (nSPS) is 12.2. The Labute approximate surface area is 102 Å². The summed E-state index contributed by atoms with van der Waals surface area (Å²) in [5.41, 5.74) is 7.74. The third-order valence-corrected chi connectivity index (χ3v) is 2.49. The highest BCUT2D eigenvalue weighted by Gasteiger charge is 2.08. The molecule has 0 fully saturated rings. The van der Waals surface area contributed by atoms with Crippen molar-refractivity contribution in [3.63, 3.8) is 0 Å². The second-order valence-electron chi connectivity index (χ2n) is 4.16. The Balaban J connectivity index is 2.81. The molecule has 0 aliphatic rings. The molecule has 0 amide bonds. The molecule has 1 aromatic rings. The first-order valence-electron chi connectivity index (χ1n) is 5.31. The summed E-state index contributed by atoms with van der Waals surface area (Å²) in [6.45, 7) is 8.14. The fourth-order valence-corrected chi connectivity index (χ4v) is 1.63. The standard InChI is InChI=1S/C13H18ClNO/c1-9(2)8-16-12-6-4-5-11(13(12)14)7-10(3)15/h4-6,10H,1,7-8,15H2,2-3H3. The van der Waals surface area contributed by atoms with Crippen LogP contribution in [0.1, 0.15) is 19.4 Å². The Hall–Kier alpha value is -0.990. The van der Waals surface area contributed by atoms with Crippen molar-refractivity contribution in [1.29, 1.82) is 0 Å². The average Bonchev–Trinajstić information content (AvgIpc) is 2.18. The monoisotopic (exact) mass is 239 g/mol. The molecule has 0 bridgehead atoms. The quantitative estimate of drug-likeness (QED) is 0.801. The van der Waals surface area contributed by atoms with Gasteiger partial charge in [0.2, 0.25) is 0 Å². The maximum absolute atomic E-state index is 6.23. The maximum atomic E-state index is 6.23. The fraction of sp³-hybridized carbons (Fsp3) is 0.385. The lowest BCUT2D eigenvalue weighted by molar-refractivity contribution is 0.352. The van der Waals surface area contributed by atoms with Gasteiger partial charge in [0.1, 0.15) is 12.4 Å². The summed E-state index contributed by atoms with van der Waals surface area (Å²) in [6.07, 6.45) is 0.753. The molecule has 1 aromatic carbocycles. The van der Waals surface area contributed by atoms with Crippen LogP contribution in [0, 0.1) is 0 Å². The molecule has 1 rings (SSSR count). The van der Waals surface area contributed by atoms with E-state index in [0.29, 0.717) is 17.4 Å². The van der Waals surface area contributed by atoms with Gasteiger partial charge in [0, 0.05) is 6.04 Å². The smallest absolute Gasteiger partial charge is 0.138 e. The minimum atomic E-state index is 0.0916. The van der Waals surface area contributed by atoms with E-state index >= 15 is 0 Å². The summed E-state index contributed by atoms with van der Waals surface area (Å²) < 4.78 is 5.55. The molecule has 0 saturated heterocycles. The van der Waals surface area contributed by atoms with E-state index in [1.165, 1.54) is 0 Å². The first kappa shape index (κ1) is 13.1. The molecule has 0 spiro atoms. The van der Waals surface area contributed by atoms with Crippen LogP contribution in [0.2, 0.25) is 5.02 Å². The van der Waals surface area contributed by atoms with Gasteiger partial charge in [-0.1, -0.05) is 30.3 Å². The molecule has 1 atom stereocenters. The van der Waals surface area contributed by atoms with E-state index < -0.39 is 0 Å². The van der Waals surface area contributed by atoms with Crippen molar-refractivity contribution in [2.75, 3.05) is 6.61 Å². The van der Waals surface area contributed by atoms with Gasteiger partial charge >= 0.3 is 0 Å². The number of benzene rings is 1. The van der Waals surface area contributed by atoms with Crippen LogP contribution in [-0.2, 0) is 6.42 Å². The minimum absolute atomic E-state index is 0.0916. The zero-order valence-corrected chi connectivity index (χ0v) is 10.6. The van der Waals surface area contributed by atoms with Gasteiger partial charge in [0.15, 0.2) is 0 Å². The summed E-state index contributed by atoms with van der Waals surface area (Å²) in [5, 5.41) is 0.654. The van der Waals surface area contributed by atoms with Crippen LogP contribution in [-0.4, -0.2) is 12.6 Å². The second-order valence-corrected chi connectivity index (χ2v) is 4.53. The second kappa shape index (κ2) is 5.92. The van der Waals surface area contributed by atoms with Gasteiger partial charge < -0.3 is 10.5 Å². The third kappa shape index (κ3) is 3.87. The van der Waals surface area contributed by atoms with Gasteiger partial charge in [-0.15, -0.1) is 0 Å². The molecular formula is C13H18ClNO. The minimum Gasteiger partial charge on any atom is -0.488 e. The highest BCUT2D eigenvalue weighted by Crippen LogP contribution is 2.29. The van der Waals surface area contributed by atoms with E-state index in [-0.39, 0.29) is 6.04 Å². The molecule has 2 N–H and O–H groups in total. The van der Waals surface area contributed by atoms with E-state index in [4.69, 9.17) is 22.1 Å². The van der Waals surface area contributed by atoms with E-state index in [2.05, 4.69) is 6.58 Å². The number of hydrogen-bond acceptors (Lipinski definition) is 2. The van der Waals surface area contributed by atoms with Crippen LogP contribution in [0.4, 0.5) is 0 Å². The summed E-state index contributed by atoms with van der Waals surface area (Å²) in [6, 6.07) is 5.85. The topological polar surface area (TPSA) is 35.2 Å². The van der Waals surface area contributed by atoms with Crippen LogP contribution in [0.25, 0.3) is 0 Å². The molecule has 88 valence electrons. The predicted molar refractivity (Wildman–Crippen MR) is 69.1 cm³/mol. The molecular weight excluding hydrogens is 222 g/mol. The summed E-state index contributed by atoms with van der Waals surface area (Å²) in [7, 11) is 0. The summed E-state index contributed by atoms with van der Waals surface area (Å²) in [5.74, 6) is 0.697. The Morgan fingerprint density at radius 3 is 2.81 bits per heavy atom. The average molecular weight is 240 g/mol. The number of hydrogen-bond donors (Lipinski definition) is 1. The molecule has 0 aliphatic heterocycles. The largest absolute Gasteiger partial charge is 0.488 e. The van der Waals surface area contributed by atoms with E-state index in [1.807, 2.05) is 32.0 Å². The van der Waals surface area contributed by atoms with Gasteiger partial charge in [0.05, 0.1) is 5.02 Å². The summed E-state index contributed by atoms with van der Waals surface area (Å²) in [4.78, 5) is 0. The molecule has 0 saturated carbocycles. The molecule has 1 unspecified atom stereocenters. The van der Waals surface area contributed by atoms with Crippen molar-refractivity contribution < 1.29 is 4.74 Å². The molecule has 0 radical (unpaired) electrons. The van der Waals surface area contributed by atoms with Gasteiger partial charge in [0.25, 0.3) is 0 Å². The molecule has 0 aromatic heterocycles. The molecule has 0 aliphatic carbocycles. The Morgan fingerprint density at radius 1 is 1.56 bits per heavy atom.